The molecule has 5 rings (SSSR count). The van der Waals surface area contributed by atoms with Crippen molar-refractivity contribution in [1.82, 2.24) is 14.5 Å². The van der Waals surface area contributed by atoms with Crippen LogP contribution in [0.15, 0.2) is 67.1 Å². The first-order chi connectivity index (χ1) is 15.6. The Kier molecular flexibility index (Phi) is 5.54. The number of ether oxygens (including phenoxy) is 1. The molecular weight excluding hydrogens is 432 g/mol. The van der Waals surface area contributed by atoms with Crippen LogP contribution in [-0.4, -0.2) is 54.8 Å². The van der Waals surface area contributed by atoms with Gasteiger partial charge < -0.3 is 29.9 Å². The number of benzene rings is 2. The second-order valence-electron chi connectivity index (χ2n) is 7.60. The number of hydrogen-bond acceptors (Lipinski definition) is 7. The Bertz CT molecular complexity index is 1230. The quantitative estimate of drug-likeness (QED) is 0.368. The largest absolute Gasteiger partial charge is 0.394 e. The number of aromatic nitrogens is 3. The summed E-state index contributed by atoms with van der Waals surface area (Å²) in [7, 11) is 0. The Morgan fingerprint density at radius 2 is 1.75 bits per heavy atom. The van der Waals surface area contributed by atoms with Crippen LogP contribution >= 0.6 is 11.6 Å². The zero-order valence-electron chi connectivity index (χ0n) is 16.8. The van der Waals surface area contributed by atoms with Gasteiger partial charge in [0.1, 0.15) is 36.1 Å². The van der Waals surface area contributed by atoms with Crippen LogP contribution in [0, 0.1) is 0 Å². The van der Waals surface area contributed by atoms with Crippen LogP contribution in [0.4, 0.5) is 11.5 Å². The molecule has 8 nitrogen and oxygen atoms in total. The van der Waals surface area contributed by atoms with E-state index in [-0.39, 0.29) is 0 Å². The van der Waals surface area contributed by atoms with E-state index in [2.05, 4.69) is 15.3 Å². The van der Waals surface area contributed by atoms with Crippen molar-refractivity contribution >= 4 is 34.1 Å². The summed E-state index contributed by atoms with van der Waals surface area (Å²) in [6.07, 6.45) is -0.999. The van der Waals surface area contributed by atoms with Crippen LogP contribution in [0.25, 0.3) is 22.2 Å². The molecule has 2 aromatic heterocycles. The molecule has 0 saturated carbocycles. The fourth-order valence-corrected chi connectivity index (χ4v) is 4.12. The van der Waals surface area contributed by atoms with Crippen LogP contribution < -0.4 is 5.32 Å². The maximum absolute atomic E-state index is 10.6. The highest BCUT2D eigenvalue weighted by Crippen LogP contribution is 2.39. The molecule has 0 bridgehead atoms. The number of nitrogens with one attached hydrogen (secondary N) is 1. The van der Waals surface area contributed by atoms with E-state index in [4.69, 9.17) is 16.3 Å². The predicted molar refractivity (Wildman–Crippen MR) is 121 cm³/mol. The van der Waals surface area contributed by atoms with E-state index in [1.165, 1.54) is 6.33 Å². The third-order valence-electron chi connectivity index (χ3n) is 5.59. The number of halogens is 1. The van der Waals surface area contributed by atoms with E-state index in [9.17, 15) is 15.3 Å². The van der Waals surface area contributed by atoms with Gasteiger partial charge in [-0.3, -0.25) is 0 Å². The van der Waals surface area contributed by atoms with Gasteiger partial charge in [0.05, 0.1) is 12.0 Å². The number of fused-ring (bicyclic) bond motifs is 1. The standard InChI is InChI=1S/C23H21ClN4O4/c24-14-6-8-15(9-7-14)27-21-18-16(13-4-2-1-3-5-13)10-28(22(18)26-12-25-21)23-20(31)19(30)17(11-29)32-23/h1-10,12,17,19-20,23,29-31H,11H2,(H,25,26,27)/t17-,19+,20+,23-/m1/s1. The normalized spacial score (nSPS) is 23.0. The Morgan fingerprint density at radius 1 is 1.00 bits per heavy atom. The zero-order valence-corrected chi connectivity index (χ0v) is 17.6. The van der Waals surface area contributed by atoms with E-state index < -0.39 is 31.1 Å². The topological polar surface area (TPSA) is 113 Å². The van der Waals surface area contributed by atoms with Crippen molar-refractivity contribution < 1.29 is 20.1 Å². The molecule has 32 heavy (non-hydrogen) atoms. The van der Waals surface area contributed by atoms with Crippen molar-refractivity contribution in [3.63, 3.8) is 0 Å². The van der Waals surface area contributed by atoms with Gasteiger partial charge in [-0.05, 0) is 29.8 Å². The molecule has 164 valence electrons. The number of hydrogen-bond donors (Lipinski definition) is 4. The number of aliphatic hydroxyl groups is 3. The monoisotopic (exact) mass is 452 g/mol. The van der Waals surface area contributed by atoms with E-state index in [1.54, 1.807) is 16.7 Å². The van der Waals surface area contributed by atoms with Crippen LogP contribution in [-0.2, 0) is 4.74 Å². The lowest BCUT2D eigenvalue weighted by atomic mass is 10.1. The van der Waals surface area contributed by atoms with Crippen LogP contribution in [0.3, 0.4) is 0 Å². The third kappa shape index (κ3) is 3.62. The lowest BCUT2D eigenvalue weighted by Crippen LogP contribution is -2.33. The highest BCUT2D eigenvalue weighted by Gasteiger charge is 2.44. The summed E-state index contributed by atoms with van der Waals surface area (Å²) in [5.74, 6) is 0.571. The molecule has 4 N–H and O–H groups in total. The maximum Gasteiger partial charge on any atom is 0.164 e. The van der Waals surface area contributed by atoms with E-state index in [1.807, 2.05) is 48.7 Å². The van der Waals surface area contributed by atoms with Gasteiger partial charge in [-0.2, -0.15) is 0 Å². The molecule has 3 heterocycles. The van der Waals surface area contributed by atoms with Gasteiger partial charge in [0, 0.05) is 22.5 Å². The van der Waals surface area contributed by atoms with Gasteiger partial charge in [-0.1, -0.05) is 41.9 Å². The van der Waals surface area contributed by atoms with E-state index in [0.29, 0.717) is 16.5 Å². The molecule has 1 fully saturated rings. The molecular formula is C23H21ClN4O4. The Balaban J connectivity index is 1.67. The van der Waals surface area contributed by atoms with Crippen molar-refractivity contribution in [2.75, 3.05) is 11.9 Å². The fourth-order valence-electron chi connectivity index (χ4n) is 3.99. The highest BCUT2D eigenvalue weighted by molar-refractivity contribution is 6.30. The summed E-state index contributed by atoms with van der Waals surface area (Å²) in [4.78, 5) is 8.91. The van der Waals surface area contributed by atoms with Crippen molar-refractivity contribution in [3.8, 4) is 11.1 Å². The number of aliphatic hydroxyl groups excluding tert-OH is 3. The summed E-state index contributed by atoms with van der Waals surface area (Å²) in [6.45, 7) is -0.405. The van der Waals surface area contributed by atoms with Gasteiger partial charge in [0.2, 0.25) is 0 Å². The first-order valence-electron chi connectivity index (χ1n) is 10.1. The molecule has 4 aromatic rings. The molecule has 1 aliphatic rings. The molecule has 4 atom stereocenters. The molecule has 0 unspecified atom stereocenters. The fraction of sp³-hybridized carbons (Fsp3) is 0.217. The second-order valence-corrected chi connectivity index (χ2v) is 8.03. The van der Waals surface area contributed by atoms with E-state index >= 15 is 0 Å². The minimum atomic E-state index is -1.23. The lowest BCUT2D eigenvalue weighted by Gasteiger charge is -2.17. The second kappa shape index (κ2) is 8.50. The summed E-state index contributed by atoms with van der Waals surface area (Å²) < 4.78 is 7.44. The molecule has 0 radical (unpaired) electrons. The van der Waals surface area contributed by atoms with Crippen molar-refractivity contribution in [3.05, 3.63) is 72.1 Å². The first-order valence-corrected chi connectivity index (χ1v) is 10.5. The van der Waals surface area contributed by atoms with Gasteiger partial charge in [-0.15, -0.1) is 0 Å². The van der Waals surface area contributed by atoms with Crippen molar-refractivity contribution in [1.29, 1.82) is 0 Å². The van der Waals surface area contributed by atoms with Crippen molar-refractivity contribution in [2.45, 2.75) is 24.5 Å². The van der Waals surface area contributed by atoms with Crippen LogP contribution in [0.5, 0.6) is 0 Å². The molecule has 0 spiro atoms. The number of anilines is 2. The van der Waals surface area contributed by atoms with Gasteiger partial charge >= 0.3 is 0 Å². The van der Waals surface area contributed by atoms with Gasteiger partial charge in [0.15, 0.2) is 6.23 Å². The average molecular weight is 453 g/mol. The smallest absolute Gasteiger partial charge is 0.164 e. The zero-order chi connectivity index (χ0) is 22.2. The van der Waals surface area contributed by atoms with Crippen molar-refractivity contribution in [2.24, 2.45) is 0 Å². The molecule has 1 aliphatic heterocycles. The van der Waals surface area contributed by atoms with Gasteiger partial charge in [0.25, 0.3) is 0 Å². The minimum absolute atomic E-state index is 0.405. The molecule has 9 heteroatoms. The summed E-state index contributed by atoms with van der Waals surface area (Å²) in [6, 6.07) is 17.0. The third-order valence-corrected chi connectivity index (χ3v) is 5.84. The Hall–Kier alpha value is -3.01. The number of nitrogens with zero attached hydrogens (tertiary/aromatic N) is 3. The first kappa shape index (κ1) is 20.9. The Labute approximate surface area is 188 Å². The van der Waals surface area contributed by atoms with E-state index in [0.717, 1.165) is 22.2 Å². The summed E-state index contributed by atoms with van der Waals surface area (Å²) in [5, 5.41) is 35.0. The SMILES string of the molecule is OC[C@H]1O[C@@H](n2cc(-c3ccccc3)c3c(Nc4ccc(Cl)cc4)ncnc32)[C@@H](O)[C@H]1O. The summed E-state index contributed by atoms with van der Waals surface area (Å²) >= 11 is 6.01. The maximum atomic E-state index is 10.6. The van der Waals surface area contributed by atoms with Gasteiger partial charge in [-0.25, -0.2) is 9.97 Å². The van der Waals surface area contributed by atoms with Crippen LogP contribution in [0.2, 0.25) is 5.02 Å². The van der Waals surface area contributed by atoms with Crippen LogP contribution in [0.1, 0.15) is 6.23 Å². The molecule has 0 aliphatic carbocycles. The number of rotatable bonds is 5. The lowest BCUT2D eigenvalue weighted by molar-refractivity contribution is -0.0508. The predicted octanol–water partition coefficient (Wildman–Crippen LogP) is 3.11. The average Bonchev–Trinajstić information content (AvgIpc) is 3.34. The Morgan fingerprint density at radius 3 is 2.44 bits per heavy atom. The molecule has 2 aromatic carbocycles. The minimum Gasteiger partial charge on any atom is -0.394 e. The molecule has 1 saturated heterocycles. The summed E-state index contributed by atoms with van der Waals surface area (Å²) in [5.41, 5.74) is 3.08. The highest BCUT2D eigenvalue weighted by atomic mass is 35.5. The molecule has 0 amide bonds.